The van der Waals surface area contributed by atoms with Gasteiger partial charge >= 0.3 is 11.9 Å². The van der Waals surface area contributed by atoms with Crippen LogP contribution in [0.25, 0.3) is 0 Å². The first kappa shape index (κ1) is 26.4. The van der Waals surface area contributed by atoms with Gasteiger partial charge in [0.1, 0.15) is 5.60 Å². The van der Waals surface area contributed by atoms with Crippen LogP contribution in [0.4, 0.5) is 0 Å². The highest BCUT2D eigenvalue weighted by Crippen LogP contribution is 2.45. The lowest BCUT2D eigenvalue weighted by atomic mass is 9.75. The number of ether oxygens (including phenoxy) is 2. The second kappa shape index (κ2) is 12.3. The summed E-state index contributed by atoms with van der Waals surface area (Å²) in [6.45, 7) is 9.44. The highest BCUT2D eigenvalue weighted by Gasteiger charge is 2.45. The lowest BCUT2D eigenvalue weighted by Gasteiger charge is -2.33. The SMILES string of the molecule is CCC[C@H](CC1(C(=O)NC(CCO)CC(=O)OCC)CCCC1)C(=O)OC(C)(C)C. The van der Waals surface area contributed by atoms with Gasteiger partial charge in [0.2, 0.25) is 5.91 Å². The number of aliphatic hydroxyl groups is 1. The van der Waals surface area contributed by atoms with Gasteiger partial charge < -0.3 is 19.9 Å². The standard InChI is InChI=1S/C23H41NO6/c1-6-10-17(20(27)30-22(3,4)5)16-23(12-8-9-13-23)21(28)24-18(11-14-25)15-19(26)29-7-2/h17-18,25H,6-16H2,1-5H3,(H,24,28)/t17-,18?/m1/s1. The molecule has 1 fully saturated rings. The van der Waals surface area contributed by atoms with Crippen molar-refractivity contribution in [1.29, 1.82) is 0 Å². The summed E-state index contributed by atoms with van der Waals surface area (Å²) in [5.41, 5.74) is -1.21. The molecule has 0 aliphatic heterocycles. The third-order valence-corrected chi connectivity index (χ3v) is 5.59. The molecule has 0 aromatic heterocycles. The molecule has 1 rings (SSSR count). The number of hydrogen-bond acceptors (Lipinski definition) is 6. The Morgan fingerprint density at radius 1 is 1.10 bits per heavy atom. The van der Waals surface area contributed by atoms with Gasteiger partial charge in [-0.05, 0) is 59.8 Å². The zero-order chi connectivity index (χ0) is 22.8. The summed E-state index contributed by atoms with van der Waals surface area (Å²) in [5, 5.41) is 12.3. The van der Waals surface area contributed by atoms with Gasteiger partial charge in [0, 0.05) is 12.6 Å². The Morgan fingerprint density at radius 3 is 2.23 bits per heavy atom. The fraction of sp³-hybridized carbons (Fsp3) is 0.870. The van der Waals surface area contributed by atoms with E-state index in [2.05, 4.69) is 5.32 Å². The Kier molecular flexibility index (Phi) is 10.8. The average Bonchev–Trinajstić information content (AvgIpc) is 3.10. The average molecular weight is 428 g/mol. The largest absolute Gasteiger partial charge is 0.466 e. The number of carbonyl (C=O) groups excluding carboxylic acids is 3. The molecule has 0 spiro atoms. The summed E-state index contributed by atoms with van der Waals surface area (Å²) >= 11 is 0. The van der Waals surface area contributed by atoms with Crippen LogP contribution in [0.3, 0.4) is 0 Å². The summed E-state index contributed by atoms with van der Waals surface area (Å²) < 4.78 is 10.6. The van der Waals surface area contributed by atoms with Crippen LogP contribution in [0.5, 0.6) is 0 Å². The summed E-state index contributed by atoms with van der Waals surface area (Å²) in [5.74, 6) is -1.11. The van der Waals surface area contributed by atoms with Crippen LogP contribution < -0.4 is 5.32 Å². The Labute approximate surface area is 181 Å². The molecule has 1 aliphatic rings. The van der Waals surface area contributed by atoms with Gasteiger partial charge in [-0.25, -0.2) is 0 Å². The number of carbonyl (C=O) groups is 3. The van der Waals surface area contributed by atoms with Crippen molar-refractivity contribution in [2.45, 2.75) is 104 Å². The van der Waals surface area contributed by atoms with Crippen molar-refractivity contribution in [2.75, 3.05) is 13.2 Å². The van der Waals surface area contributed by atoms with Crippen LogP contribution in [0, 0.1) is 11.3 Å². The molecule has 0 heterocycles. The minimum atomic E-state index is -0.640. The Morgan fingerprint density at radius 2 is 1.73 bits per heavy atom. The first-order chi connectivity index (χ1) is 14.1. The zero-order valence-electron chi connectivity index (χ0n) is 19.4. The maximum absolute atomic E-state index is 13.3. The van der Waals surface area contributed by atoms with Crippen LogP contribution in [-0.4, -0.2) is 47.8 Å². The van der Waals surface area contributed by atoms with Crippen molar-refractivity contribution in [3.63, 3.8) is 0 Å². The molecule has 1 unspecified atom stereocenters. The number of hydrogen-bond donors (Lipinski definition) is 2. The summed E-state index contributed by atoms with van der Waals surface area (Å²) in [6.07, 6.45) is 5.56. The molecule has 174 valence electrons. The van der Waals surface area contributed by atoms with Crippen LogP contribution in [-0.2, 0) is 23.9 Å². The van der Waals surface area contributed by atoms with E-state index in [1.54, 1.807) is 6.92 Å². The van der Waals surface area contributed by atoms with Crippen molar-refractivity contribution < 1.29 is 29.0 Å². The van der Waals surface area contributed by atoms with E-state index in [0.717, 1.165) is 19.3 Å². The Hall–Kier alpha value is -1.63. The summed E-state index contributed by atoms with van der Waals surface area (Å²) in [4.78, 5) is 38.0. The van der Waals surface area contributed by atoms with Gasteiger partial charge in [-0.3, -0.25) is 14.4 Å². The predicted octanol–water partition coefficient (Wildman–Crippen LogP) is 3.52. The van der Waals surface area contributed by atoms with E-state index in [4.69, 9.17) is 9.47 Å². The highest BCUT2D eigenvalue weighted by atomic mass is 16.6. The maximum Gasteiger partial charge on any atom is 0.309 e. The molecule has 0 radical (unpaired) electrons. The lowest BCUT2D eigenvalue weighted by Crippen LogP contribution is -2.47. The number of rotatable bonds is 12. The van der Waals surface area contributed by atoms with Gasteiger partial charge in [0.05, 0.1) is 24.4 Å². The van der Waals surface area contributed by atoms with Crippen LogP contribution >= 0.6 is 0 Å². The fourth-order valence-corrected chi connectivity index (χ4v) is 4.22. The Balaban J connectivity index is 2.95. The molecule has 2 N–H and O–H groups in total. The van der Waals surface area contributed by atoms with Crippen molar-refractivity contribution in [1.82, 2.24) is 5.32 Å². The van der Waals surface area contributed by atoms with E-state index in [9.17, 15) is 19.5 Å². The van der Waals surface area contributed by atoms with Gasteiger partial charge in [0.15, 0.2) is 0 Å². The maximum atomic E-state index is 13.3. The number of amides is 1. The van der Waals surface area contributed by atoms with E-state index in [1.165, 1.54) is 0 Å². The molecule has 1 saturated carbocycles. The summed E-state index contributed by atoms with van der Waals surface area (Å²) in [6, 6.07) is -0.481. The fourth-order valence-electron chi connectivity index (χ4n) is 4.22. The van der Waals surface area contributed by atoms with Gasteiger partial charge in [0.25, 0.3) is 0 Å². The number of aliphatic hydroxyl groups excluding tert-OH is 1. The zero-order valence-corrected chi connectivity index (χ0v) is 19.4. The monoisotopic (exact) mass is 427 g/mol. The van der Waals surface area contributed by atoms with E-state index in [-0.39, 0.29) is 43.8 Å². The first-order valence-corrected chi connectivity index (χ1v) is 11.4. The van der Waals surface area contributed by atoms with E-state index >= 15 is 0 Å². The number of esters is 2. The van der Waals surface area contributed by atoms with Crippen LogP contribution in [0.2, 0.25) is 0 Å². The lowest BCUT2D eigenvalue weighted by molar-refractivity contribution is -0.162. The van der Waals surface area contributed by atoms with Crippen LogP contribution in [0.15, 0.2) is 0 Å². The second-order valence-electron chi connectivity index (χ2n) is 9.40. The van der Waals surface area contributed by atoms with E-state index in [0.29, 0.717) is 25.7 Å². The molecule has 0 saturated heterocycles. The minimum absolute atomic E-state index is 0.0284. The van der Waals surface area contributed by atoms with Crippen LogP contribution in [0.1, 0.15) is 92.4 Å². The quantitative estimate of drug-likeness (QED) is 0.462. The molecular formula is C23H41NO6. The smallest absolute Gasteiger partial charge is 0.309 e. The van der Waals surface area contributed by atoms with Gasteiger partial charge in [-0.1, -0.05) is 26.2 Å². The third-order valence-electron chi connectivity index (χ3n) is 5.59. The van der Waals surface area contributed by atoms with Gasteiger partial charge in [-0.2, -0.15) is 0 Å². The van der Waals surface area contributed by atoms with Crippen molar-refractivity contribution in [2.24, 2.45) is 11.3 Å². The molecule has 0 bridgehead atoms. The van der Waals surface area contributed by atoms with Crippen molar-refractivity contribution in [3.8, 4) is 0 Å². The minimum Gasteiger partial charge on any atom is -0.466 e. The predicted molar refractivity (Wildman–Crippen MR) is 115 cm³/mol. The second-order valence-corrected chi connectivity index (χ2v) is 9.40. The topological polar surface area (TPSA) is 102 Å². The molecule has 0 aromatic rings. The molecule has 1 aliphatic carbocycles. The number of nitrogens with one attached hydrogen (secondary N) is 1. The van der Waals surface area contributed by atoms with Gasteiger partial charge in [-0.15, -0.1) is 0 Å². The van der Waals surface area contributed by atoms with E-state index < -0.39 is 23.0 Å². The molecule has 7 heteroatoms. The first-order valence-electron chi connectivity index (χ1n) is 11.4. The molecule has 30 heavy (non-hydrogen) atoms. The molecular weight excluding hydrogens is 386 g/mol. The molecule has 0 aromatic carbocycles. The van der Waals surface area contributed by atoms with Crippen molar-refractivity contribution in [3.05, 3.63) is 0 Å². The highest BCUT2D eigenvalue weighted by molar-refractivity contribution is 5.85. The molecule has 1 amide bonds. The molecule has 7 nitrogen and oxygen atoms in total. The van der Waals surface area contributed by atoms with Crippen molar-refractivity contribution >= 4 is 17.8 Å². The van der Waals surface area contributed by atoms with E-state index in [1.807, 2.05) is 27.7 Å². The summed E-state index contributed by atoms with van der Waals surface area (Å²) in [7, 11) is 0. The third kappa shape index (κ3) is 8.62. The normalized spacial score (nSPS) is 17.8. The Bertz CT molecular complexity index is 563. The molecule has 2 atom stereocenters.